The molecule has 21 heavy (non-hydrogen) atoms. The Hall–Kier alpha value is -1.70. The van der Waals surface area contributed by atoms with E-state index in [9.17, 15) is 17.2 Å². The maximum Gasteiger partial charge on any atom is 0.241 e. The molecule has 0 aliphatic carbocycles. The van der Waals surface area contributed by atoms with Crippen LogP contribution >= 0.6 is 11.6 Å². The Balaban J connectivity index is 2.30. The topological polar surface area (TPSA) is 69.4 Å². The first-order chi connectivity index (χ1) is 9.77. The molecule has 0 atom stereocenters. The lowest BCUT2D eigenvalue weighted by Crippen LogP contribution is -2.14. The molecule has 0 saturated carbocycles. The van der Waals surface area contributed by atoms with Crippen molar-refractivity contribution in [2.24, 2.45) is 5.14 Å². The maximum absolute atomic E-state index is 13.1. The van der Waals surface area contributed by atoms with Crippen molar-refractivity contribution in [3.05, 3.63) is 58.6 Å². The van der Waals surface area contributed by atoms with Gasteiger partial charge in [-0.05, 0) is 36.4 Å². The summed E-state index contributed by atoms with van der Waals surface area (Å²) in [6.07, 6.45) is 0. The van der Waals surface area contributed by atoms with Gasteiger partial charge in [-0.2, -0.15) is 0 Å². The van der Waals surface area contributed by atoms with Gasteiger partial charge in [-0.3, -0.25) is 0 Å². The molecule has 0 unspecified atom stereocenters. The van der Waals surface area contributed by atoms with Gasteiger partial charge in [0, 0.05) is 10.6 Å². The van der Waals surface area contributed by atoms with Crippen LogP contribution in [-0.2, 0) is 16.6 Å². The van der Waals surface area contributed by atoms with Gasteiger partial charge >= 0.3 is 0 Å². The Bertz CT molecular complexity index is 781. The van der Waals surface area contributed by atoms with Crippen LogP contribution in [0.2, 0.25) is 5.02 Å². The number of nitrogens with two attached hydrogens (primary N) is 1. The van der Waals surface area contributed by atoms with E-state index in [4.69, 9.17) is 21.5 Å². The number of primary sulfonamides is 1. The number of benzene rings is 2. The second-order valence-corrected chi connectivity index (χ2v) is 6.10. The summed E-state index contributed by atoms with van der Waals surface area (Å²) in [4.78, 5) is -0.491. The molecule has 112 valence electrons. The lowest BCUT2D eigenvalue weighted by Gasteiger charge is -2.11. The normalized spacial score (nSPS) is 11.4. The van der Waals surface area contributed by atoms with Crippen molar-refractivity contribution in [1.29, 1.82) is 0 Å². The molecule has 0 aliphatic rings. The van der Waals surface area contributed by atoms with E-state index in [0.717, 1.165) is 24.3 Å². The van der Waals surface area contributed by atoms with Gasteiger partial charge in [0.1, 0.15) is 28.9 Å². The Morgan fingerprint density at radius 3 is 2.38 bits per heavy atom. The summed E-state index contributed by atoms with van der Waals surface area (Å²) in [5, 5.41) is 5.25. The van der Waals surface area contributed by atoms with Crippen LogP contribution in [0.3, 0.4) is 0 Å². The van der Waals surface area contributed by atoms with Crippen molar-refractivity contribution in [2.75, 3.05) is 0 Å². The van der Waals surface area contributed by atoms with Crippen LogP contribution in [0.1, 0.15) is 5.56 Å². The number of halogens is 3. The number of ether oxygens (including phenoxy) is 1. The van der Waals surface area contributed by atoms with Gasteiger partial charge in [0.15, 0.2) is 0 Å². The molecule has 0 heterocycles. The molecule has 4 nitrogen and oxygen atoms in total. The summed E-state index contributed by atoms with van der Waals surface area (Å²) in [6.45, 7) is -0.190. The monoisotopic (exact) mass is 333 g/mol. The molecular formula is C13H10ClF2NO3S. The van der Waals surface area contributed by atoms with E-state index in [-0.39, 0.29) is 17.4 Å². The van der Waals surface area contributed by atoms with Crippen LogP contribution in [-0.4, -0.2) is 8.42 Å². The van der Waals surface area contributed by atoms with E-state index in [1.54, 1.807) is 0 Å². The average Bonchev–Trinajstić information content (AvgIpc) is 2.40. The van der Waals surface area contributed by atoms with E-state index in [1.807, 2.05) is 0 Å². The van der Waals surface area contributed by atoms with Crippen molar-refractivity contribution in [3.8, 4) is 5.75 Å². The molecule has 0 amide bonds. The molecule has 2 rings (SSSR count). The van der Waals surface area contributed by atoms with E-state index in [2.05, 4.69) is 0 Å². The number of rotatable bonds is 4. The fraction of sp³-hybridized carbons (Fsp3) is 0.0769. The second-order valence-electron chi connectivity index (χ2n) is 4.16. The predicted molar refractivity (Wildman–Crippen MR) is 73.5 cm³/mol. The zero-order chi connectivity index (χ0) is 15.6. The van der Waals surface area contributed by atoms with Gasteiger partial charge in [0.25, 0.3) is 0 Å². The van der Waals surface area contributed by atoms with Gasteiger partial charge in [0.2, 0.25) is 10.0 Å². The summed E-state index contributed by atoms with van der Waals surface area (Å²) in [5.41, 5.74) is 0.321. The molecule has 0 fully saturated rings. The van der Waals surface area contributed by atoms with Gasteiger partial charge in [-0.1, -0.05) is 11.6 Å². The average molecular weight is 334 g/mol. The molecule has 0 radical (unpaired) electrons. The zero-order valence-corrected chi connectivity index (χ0v) is 12.1. The fourth-order valence-electron chi connectivity index (χ4n) is 1.63. The molecule has 0 spiro atoms. The Labute approximate surface area is 125 Å². The fourth-order valence-corrected chi connectivity index (χ4v) is 2.49. The predicted octanol–water partition coefficient (Wildman–Crippen LogP) is 2.84. The minimum atomic E-state index is -4.15. The molecule has 2 aromatic carbocycles. The summed E-state index contributed by atoms with van der Waals surface area (Å²) >= 11 is 5.87. The minimum absolute atomic E-state index is 0.140. The Morgan fingerprint density at radius 1 is 1.10 bits per heavy atom. The standard InChI is InChI=1S/C13H10ClF2NO3S/c14-11-3-1-9(15)5-8(11)7-20-12-4-2-10(16)6-13(12)21(17,18)19/h1-6H,7H2,(H2,17,18,19). The largest absolute Gasteiger partial charge is 0.487 e. The highest BCUT2D eigenvalue weighted by Crippen LogP contribution is 2.26. The van der Waals surface area contributed by atoms with Crippen LogP contribution < -0.4 is 9.88 Å². The van der Waals surface area contributed by atoms with Crippen LogP contribution in [0.4, 0.5) is 8.78 Å². The molecule has 0 saturated heterocycles. The highest BCUT2D eigenvalue weighted by atomic mass is 35.5. The number of hydrogen-bond acceptors (Lipinski definition) is 3. The van der Waals surface area contributed by atoms with Gasteiger partial charge < -0.3 is 4.74 Å². The first kappa shape index (κ1) is 15.7. The molecule has 0 bridgehead atoms. The summed E-state index contributed by atoms with van der Waals surface area (Å²) in [7, 11) is -4.15. The molecule has 2 aromatic rings. The quantitative estimate of drug-likeness (QED) is 0.935. The third kappa shape index (κ3) is 3.90. The first-order valence-electron chi connectivity index (χ1n) is 5.66. The van der Waals surface area contributed by atoms with E-state index in [1.165, 1.54) is 12.1 Å². The Morgan fingerprint density at radius 2 is 1.71 bits per heavy atom. The third-order valence-corrected chi connectivity index (χ3v) is 3.90. The van der Waals surface area contributed by atoms with Gasteiger partial charge in [-0.25, -0.2) is 22.3 Å². The summed E-state index contributed by atoms with van der Waals surface area (Å²) in [5.74, 6) is -1.42. The summed E-state index contributed by atoms with van der Waals surface area (Å²) in [6, 6.07) is 6.58. The van der Waals surface area contributed by atoms with E-state index < -0.39 is 26.6 Å². The Kier molecular flexibility index (Phi) is 4.46. The maximum atomic E-state index is 13.1. The van der Waals surface area contributed by atoms with Crippen molar-refractivity contribution in [2.45, 2.75) is 11.5 Å². The third-order valence-electron chi connectivity index (χ3n) is 2.60. The SMILES string of the molecule is NS(=O)(=O)c1cc(F)ccc1OCc1cc(F)ccc1Cl. The van der Waals surface area contributed by atoms with Crippen molar-refractivity contribution in [1.82, 2.24) is 0 Å². The van der Waals surface area contributed by atoms with Crippen LogP contribution in [0.25, 0.3) is 0 Å². The zero-order valence-electron chi connectivity index (χ0n) is 10.5. The van der Waals surface area contributed by atoms with Crippen LogP contribution in [0, 0.1) is 11.6 Å². The van der Waals surface area contributed by atoms with Gasteiger partial charge in [-0.15, -0.1) is 0 Å². The van der Waals surface area contributed by atoms with Crippen molar-refractivity contribution in [3.63, 3.8) is 0 Å². The molecule has 8 heteroatoms. The highest BCUT2D eigenvalue weighted by Gasteiger charge is 2.17. The smallest absolute Gasteiger partial charge is 0.241 e. The van der Waals surface area contributed by atoms with Crippen LogP contribution in [0.15, 0.2) is 41.3 Å². The summed E-state index contributed by atoms with van der Waals surface area (Å²) < 4.78 is 54.3. The molecule has 2 N–H and O–H groups in total. The number of sulfonamides is 1. The van der Waals surface area contributed by atoms with E-state index in [0.29, 0.717) is 5.56 Å². The minimum Gasteiger partial charge on any atom is -0.487 e. The highest BCUT2D eigenvalue weighted by molar-refractivity contribution is 7.89. The second kappa shape index (κ2) is 5.97. The lowest BCUT2D eigenvalue weighted by molar-refractivity contribution is 0.296. The molecule has 0 aromatic heterocycles. The van der Waals surface area contributed by atoms with Crippen molar-refractivity contribution >= 4 is 21.6 Å². The van der Waals surface area contributed by atoms with Crippen molar-refractivity contribution < 1.29 is 21.9 Å². The first-order valence-corrected chi connectivity index (χ1v) is 7.59. The molecule has 0 aliphatic heterocycles. The number of hydrogen-bond donors (Lipinski definition) is 1. The lowest BCUT2D eigenvalue weighted by atomic mass is 10.2. The van der Waals surface area contributed by atoms with E-state index >= 15 is 0 Å². The van der Waals surface area contributed by atoms with Crippen LogP contribution in [0.5, 0.6) is 5.75 Å². The van der Waals surface area contributed by atoms with Gasteiger partial charge in [0.05, 0.1) is 0 Å². The molecular weight excluding hydrogens is 324 g/mol.